The van der Waals surface area contributed by atoms with Crippen LogP contribution in [-0.2, 0) is 13.0 Å². The average molecular weight is 296 g/mol. The quantitative estimate of drug-likeness (QED) is 0.832. The van der Waals surface area contributed by atoms with Gasteiger partial charge in [-0.15, -0.1) is 0 Å². The van der Waals surface area contributed by atoms with Gasteiger partial charge < -0.3 is 10.2 Å². The van der Waals surface area contributed by atoms with E-state index in [-0.39, 0.29) is 5.91 Å². The largest absolute Gasteiger partial charge is 0.364 e. The van der Waals surface area contributed by atoms with Crippen molar-refractivity contribution in [2.75, 3.05) is 18.0 Å². The molecule has 2 N–H and O–H groups in total. The topological polar surface area (TPSA) is 61.0 Å². The Morgan fingerprint density at radius 1 is 1.27 bits per heavy atom. The van der Waals surface area contributed by atoms with Crippen molar-refractivity contribution < 1.29 is 4.79 Å². The Morgan fingerprint density at radius 3 is 2.64 bits per heavy atom. The lowest BCUT2D eigenvalue weighted by Gasteiger charge is -2.17. The summed E-state index contributed by atoms with van der Waals surface area (Å²) in [5.74, 6) is -0.0706. The Hall–Kier alpha value is -2.56. The highest BCUT2D eigenvalue weighted by molar-refractivity contribution is 5.94. The number of nitrogens with one attached hydrogen (secondary N) is 2. The molecule has 2 aromatic rings. The molecular weight excluding hydrogens is 276 g/mol. The zero-order valence-electron chi connectivity index (χ0n) is 12.7. The lowest BCUT2D eigenvalue weighted by Crippen LogP contribution is -2.23. The maximum absolute atomic E-state index is 12.2. The molecule has 0 unspecified atom stereocenters. The van der Waals surface area contributed by atoms with Crippen LogP contribution in [0.25, 0.3) is 0 Å². The summed E-state index contributed by atoms with van der Waals surface area (Å²) in [5, 5.41) is 9.99. The van der Waals surface area contributed by atoms with Crippen molar-refractivity contribution in [1.82, 2.24) is 15.5 Å². The van der Waals surface area contributed by atoms with Gasteiger partial charge in [0.2, 0.25) is 0 Å². The lowest BCUT2D eigenvalue weighted by atomic mass is 10.2. The number of amides is 1. The highest BCUT2D eigenvalue weighted by atomic mass is 16.1. The summed E-state index contributed by atoms with van der Waals surface area (Å²) in [6.45, 7) is 4.38. The first-order valence-corrected chi connectivity index (χ1v) is 7.57. The van der Waals surface area contributed by atoms with Crippen molar-refractivity contribution in [2.45, 2.75) is 19.9 Å². The zero-order valence-corrected chi connectivity index (χ0v) is 12.7. The molecule has 0 saturated carbocycles. The predicted molar refractivity (Wildman–Crippen MR) is 86.9 cm³/mol. The highest BCUT2D eigenvalue weighted by Gasteiger charge is 2.10. The number of aromatic nitrogens is 2. The fraction of sp³-hybridized carbons (Fsp3) is 0.294. The summed E-state index contributed by atoms with van der Waals surface area (Å²) in [5.41, 5.74) is 3.74. The van der Waals surface area contributed by atoms with E-state index in [9.17, 15) is 4.79 Å². The molecule has 0 spiro atoms. The first-order valence-electron chi connectivity index (χ1n) is 7.57. The van der Waals surface area contributed by atoms with Crippen LogP contribution in [0.1, 0.15) is 28.7 Å². The number of hydrogen-bond donors (Lipinski definition) is 2. The predicted octanol–water partition coefficient (Wildman–Crippen LogP) is 2.28. The van der Waals surface area contributed by atoms with Crippen LogP contribution < -0.4 is 10.2 Å². The molecule has 0 saturated heterocycles. The van der Waals surface area contributed by atoms with Crippen molar-refractivity contribution in [3.63, 3.8) is 0 Å². The number of hydrogen-bond acceptors (Lipinski definition) is 3. The molecule has 0 atom stereocenters. The Morgan fingerprint density at radius 2 is 2.00 bits per heavy atom. The van der Waals surface area contributed by atoms with E-state index in [0.717, 1.165) is 36.6 Å². The Balaban J connectivity index is 1.57. The average Bonchev–Trinajstić information content (AvgIpc) is 3.24. The van der Waals surface area contributed by atoms with Gasteiger partial charge in [-0.1, -0.05) is 19.1 Å². The summed E-state index contributed by atoms with van der Waals surface area (Å²) < 4.78 is 0. The van der Waals surface area contributed by atoms with Gasteiger partial charge in [-0.2, -0.15) is 5.10 Å². The number of H-pyrrole nitrogens is 1. The third-order valence-corrected chi connectivity index (χ3v) is 3.80. The summed E-state index contributed by atoms with van der Waals surface area (Å²) in [6, 6.07) is 9.70. The van der Waals surface area contributed by atoms with E-state index in [2.05, 4.69) is 39.5 Å². The monoisotopic (exact) mass is 296 g/mol. The SMILES string of the molecule is CCc1cc(CNC(=O)c2ccc(N3CC=CC3)cc2)[nH]n1. The van der Waals surface area contributed by atoms with Gasteiger partial charge in [0, 0.05) is 24.3 Å². The Labute approximate surface area is 130 Å². The van der Waals surface area contributed by atoms with E-state index in [1.54, 1.807) is 0 Å². The summed E-state index contributed by atoms with van der Waals surface area (Å²) in [4.78, 5) is 14.4. The van der Waals surface area contributed by atoms with Gasteiger partial charge in [-0.05, 0) is 36.8 Å². The van der Waals surface area contributed by atoms with Gasteiger partial charge in [0.15, 0.2) is 0 Å². The second-order valence-electron chi connectivity index (χ2n) is 5.34. The van der Waals surface area contributed by atoms with Crippen LogP contribution in [0.5, 0.6) is 0 Å². The van der Waals surface area contributed by atoms with E-state index in [1.165, 1.54) is 0 Å². The number of benzene rings is 1. The zero-order chi connectivity index (χ0) is 15.4. The number of nitrogens with zero attached hydrogens (tertiary/aromatic N) is 2. The molecule has 0 fully saturated rings. The standard InChI is InChI=1S/C17H20N4O/c1-2-14-11-15(20-19-14)12-18-17(22)13-5-7-16(8-6-13)21-9-3-4-10-21/h3-8,11H,2,9-10,12H2,1H3,(H,18,22)(H,19,20). The first-order chi connectivity index (χ1) is 10.8. The van der Waals surface area contributed by atoms with E-state index >= 15 is 0 Å². The third-order valence-electron chi connectivity index (χ3n) is 3.80. The van der Waals surface area contributed by atoms with E-state index in [0.29, 0.717) is 12.1 Å². The number of carbonyl (C=O) groups excluding carboxylic acids is 1. The summed E-state index contributed by atoms with van der Waals surface area (Å²) in [6.07, 6.45) is 5.18. The number of rotatable bonds is 5. The molecule has 5 nitrogen and oxygen atoms in total. The minimum Gasteiger partial charge on any atom is -0.364 e. The molecule has 1 aromatic heterocycles. The van der Waals surface area contributed by atoms with Crippen LogP contribution in [-0.4, -0.2) is 29.2 Å². The first kappa shape index (κ1) is 14.4. The fourth-order valence-electron chi connectivity index (χ4n) is 2.47. The van der Waals surface area contributed by atoms with Crippen molar-refractivity contribution in [3.05, 3.63) is 59.4 Å². The molecule has 1 aliphatic heterocycles. The molecule has 5 heteroatoms. The van der Waals surface area contributed by atoms with Gasteiger partial charge in [0.05, 0.1) is 17.9 Å². The molecule has 2 heterocycles. The Kier molecular flexibility index (Phi) is 4.23. The minimum atomic E-state index is -0.0706. The minimum absolute atomic E-state index is 0.0706. The van der Waals surface area contributed by atoms with Gasteiger partial charge in [0.25, 0.3) is 5.91 Å². The van der Waals surface area contributed by atoms with Gasteiger partial charge >= 0.3 is 0 Å². The summed E-state index contributed by atoms with van der Waals surface area (Å²) in [7, 11) is 0. The molecular formula is C17H20N4O. The fourth-order valence-corrected chi connectivity index (χ4v) is 2.47. The van der Waals surface area contributed by atoms with Crippen LogP contribution >= 0.6 is 0 Å². The normalized spacial score (nSPS) is 13.6. The van der Waals surface area contributed by atoms with Crippen molar-refractivity contribution in [2.24, 2.45) is 0 Å². The number of aromatic amines is 1. The molecule has 1 amide bonds. The van der Waals surface area contributed by atoms with Gasteiger partial charge in [-0.3, -0.25) is 9.89 Å². The molecule has 0 aliphatic carbocycles. The molecule has 114 valence electrons. The molecule has 0 radical (unpaired) electrons. The molecule has 1 aromatic carbocycles. The van der Waals surface area contributed by atoms with Crippen molar-refractivity contribution in [1.29, 1.82) is 0 Å². The smallest absolute Gasteiger partial charge is 0.251 e. The highest BCUT2D eigenvalue weighted by Crippen LogP contribution is 2.17. The van der Waals surface area contributed by atoms with Crippen molar-refractivity contribution >= 4 is 11.6 Å². The second kappa shape index (κ2) is 6.47. The number of carbonyl (C=O) groups is 1. The van der Waals surface area contributed by atoms with E-state index in [4.69, 9.17) is 0 Å². The molecule has 0 bridgehead atoms. The van der Waals surface area contributed by atoms with Gasteiger partial charge in [0.1, 0.15) is 0 Å². The van der Waals surface area contributed by atoms with Crippen molar-refractivity contribution in [3.8, 4) is 0 Å². The number of anilines is 1. The second-order valence-corrected chi connectivity index (χ2v) is 5.34. The number of aryl methyl sites for hydroxylation is 1. The van der Waals surface area contributed by atoms with Crippen LogP contribution in [0.3, 0.4) is 0 Å². The molecule has 1 aliphatic rings. The van der Waals surface area contributed by atoms with Crippen LogP contribution in [0.2, 0.25) is 0 Å². The van der Waals surface area contributed by atoms with E-state index < -0.39 is 0 Å². The van der Waals surface area contributed by atoms with Crippen LogP contribution in [0.4, 0.5) is 5.69 Å². The maximum Gasteiger partial charge on any atom is 0.251 e. The Bertz CT molecular complexity index is 664. The van der Waals surface area contributed by atoms with Crippen LogP contribution in [0.15, 0.2) is 42.5 Å². The van der Waals surface area contributed by atoms with Crippen LogP contribution in [0, 0.1) is 0 Å². The molecule has 22 heavy (non-hydrogen) atoms. The maximum atomic E-state index is 12.2. The van der Waals surface area contributed by atoms with Gasteiger partial charge in [-0.25, -0.2) is 0 Å². The van der Waals surface area contributed by atoms with E-state index in [1.807, 2.05) is 30.3 Å². The summed E-state index contributed by atoms with van der Waals surface area (Å²) >= 11 is 0. The third kappa shape index (κ3) is 3.19. The lowest BCUT2D eigenvalue weighted by molar-refractivity contribution is 0.0950. The molecule has 3 rings (SSSR count).